The molecule has 0 spiro atoms. The van der Waals surface area contributed by atoms with Gasteiger partial charge in [-0.1, -0.05) is 26.0 Å². The summed E-state index contributed by atoms with van der Waals surface area (Å²) >= 11 is 0. The van der Waals surface area contributed by atoms with Gasteiger partial charge in [-0.3, -0.25) is 0 Å². The number of para-hydroxylation sites is 1. The van der Waals surface area contributed by atoms with E-state index >= 15 is 0 Å². The van der Waals surface area contributed by atoms with Crippen LogP contribution in [-0.2, 0) is 0 Å². The Labute approximate surface area is 124 Å². The van der Waals surface area contributed by atoms with Crippen molar-refractivity contribution in [1.29, 1.82) is 0 Å². The fourth-order valence-corrected chi connectivity index (χ4v) is 2.08. The molecule has 1 aromatic heterocycles. The average molecular weight is 289 g/mol. The lowest BCUT2D eigenvalue weighted by molar-refractivity contribution is 0.426. The highest BCUT2D eigenvalue weighted by atomic mass is 19.1. The fourth-order valence-electron chi connectivity index (χ4n) is 2.08. The Bertz CT molecular complexity index is 571. The third-order valence-electron chi connectivity index (χ3n) is 2.99. The predicted molar refractivity (Wildman–Crippen MR) is 81.3 cm³/mol. The summed E-state index contributed by atoms with van der Waals surface area (Å²) in [5, 5.41) is 0. The number of benzene rings is 1. The normalized spacial score (nSPS) is 10.4. The van der Waals surface area contributed by atoms with Crippen LogP contribution in [0.3, 0.4) is 0 Å². The van der Waals surface area contributed by atoms with Crippen LogP contribution in [0.1, 0.15) is 26.7 Å². The molecule has 0 amide bonds. The zero-order valence-corrected chi connectivity index (χ0v) is 12.4. The van der Waals surface area contributed by atoms with Crippen molar-refractivity contribution >= 4 is 5.82 Å². The van der Waals surface area contributed by atoms with E-state index < -0.39 is 5.82 Å². The Morgan fingerprint density at radius 1 is 1.10 bits per heavy atom. The Hall–Kier alpha value is -2.17. The van der Waals surface area contributed by atoms with Crippen molar-refractivity contribution in [3.05, 3.63) is 42.5 Å². The molecule has 2 aromatic rings. The van der Waals surface area contributed by atoms with Crippen LogP contribution in [0.5, 0.6) is 11.6 Å². The summed E-state index contributed by atoms with van der Waals surface area (Å²) in [5.74, 6) is 0.915. The van der Waals surface area contributed by atoms with Crippen LogP contribution in [0, 0.1) is 5.82 Å². The number of hydrogen-bond donors (Lipinski definition) is 0. The van der Waals surface area contributed by atoms with E-state index in [1.54, 1.807) is 24.3 Å². The lowest BCUT2D eigenvalue weighted by Gasteiger charge is -2.22. The summed E-state index contributed by atoms with van der Waals surface area (Å²) in [6, 6.07) is 8.03. The van der Waals surface area contributed by atoms with Crippen LogP contribution in [0.25, 0.3) is 0 Å². The highest BCUT2D eigenvalue weighted by Gasteiger charge is 2.10. The molecule has 0 atom stereocenters. The first-order chi connectivity index (χ1) is 10.2. The zero-order chi connectivity index (χ0) is 15.1. The lowest BCUT2D eigenvalue weighted by atomic mass is 10.3. The SMILES string of the molecule is CCCN(CCC)c1cc(Oc2ccccc2F)ncn1. The fraction of sp³-hybridized carbons (Fsp3) is 0.375. The van der Waals surface area contributed by atoms with Crippen LogP contribution in [0.2, 0.25) is 0 Å². The summed E-state index contributed by atoms with van der Waals surface area (Å²) in [5.41, 5.74) is 0. The van der Waals surface area contributed by atoms with Gasteiger partial charge in [-0.05, 0) is 25.0 Å². The largest absolute Gasteiger partial charge is 0.436 e. The second kappa shape index (κ2) is 7.57. The van der Waals surface area contributed by atoms with Gasteiger partial charge in [0.1, 0.15) is 12.1 Å². The van der Waals surface area contributed by atoms with E-state index in [0.29, 0.717) is 5.88 Å². The molecule has 1 aromatic carbocycles. The van der Waals surface area contributed by atoms with Gasteiger partial charge in [-0.25, -0.2) is 14.4 Å². The van der Waals surface area contributed by atoms with E-state index in [0.717, 1.165) is 31.7 Å². The van der Waals surface area contributed by atoms with Gasteiger partial charge >= 0.3 is 0 Å². The van der Waals surface area contributed by atoms with Crippen molar-refractivity contribution in [3.8, 4) is 11.6 Å². The van der Waals surface area contributed by atoms with Crippen molar-refractivity contribution in [2.45, 2.75) is 26.7 Å². The Morgan fingerprint density at radius 3 is 2.48 bits per heavy atom. The second-order valence-corrected chi connectivity index (χ2v) is 4.73. The first-order valence-corrected chi connectivity index (χ1v) is 7.24. The van der Waals surface area contributed by atoms with Gasteiger partial charge in [0.05, 0.1) is 0 Å². The van der Waals surface area contributed by atoms with Gasteiger partial charge < -0.3 is 9.64 Å². The van der Waals surface area contributed by atoms with Crippen molar-refractivity contribution in [2.24, 2.45) is 0 Å². The molecule has 112 valence electrons. The smallest absolute Gasteiger partial charge is 0.224 e. The standard InChI is InChI=1S/C16H20FN3O/c1-3-9-20(10-4-2)15-11-16(19-12-18-15)21-14-8-6-5-7-13(14)17/h5-8,11-12H,3-4,9-10H2,1-2H3. The third-order valence-corrected chi connectivity index (χ3v) is 2.99. The minimum absolute atomic E-state index is 0.166. The molecule has 0 aliphatic heterocycles. The molecular weight excluding hydrogens is 269 g/mol. The lowest BCUT2D eigenvalue weighted by Crippen LogP contribution is -2.25. The van der Waals surface area contributed by atoms with Gasteiger partial charge in [0, 0.05) is 19.2 Å². The maximum Gasteiger partial charge on any atom is 0.224 e. The minimum atomic E-state index is -0.406. The number of halogens is 1. The summed E-state index contributed by atoms with van der Waals surface area (Å²) in [6.45, 7) is 6.09. The summed E-state index contributed by atoms with van der Waals surface area (Å²) in [6.07, 6.45) is 3.52. The van der Waals surface area contributed by atoms with E-state index in [2.05, 4.69) is 28.7 Å². The van der Waals surface area contributed by atoms with Crippen LogP contribution < -0.4 is 9.64 Å². The molecule has 0 N–H and O–H groups in total. The molecule has 4 nitrogen and oxygen atoms in total. The predicted octanol–water partition coefficient (Wildman–Crippen LogP) is 4.03. The Morgan fingerprint density at radius 2 is 1.81 bits per heavy atom. The molecule has 0 bridgehead atoms. The molecule has 0 aliphatic carbocycles. The maximum atomic E-state index is 13.6. The number of hydrogen-bond acceptors (Lipinski definition) is 4. The van der Waals surface area contributed by atoms with Crippen LogP contribution in [-0.4, -0.2) is 23.1 Å². The number of rotatable bonds is 7. The molecular formula is C16H20FN3O. The number of anilines is 1. The van der Waals surface area contributed by atoms with E-state index in [-0.39, 0.29) is 5.75 Å². The van der Waals surface area contributed by atoms with Gasteiger partial charge in [0.15, 0.2) is 11.6 Å². The van der Waals surface area contributed by atoms with Crippen LogP contribution in [0.15, 0.2) is 36.7 Å². The van der Waals surface area contributed by atoms with Crippen molar-refractivity contribution in [1.82, 2.24) is 9.97 Å². The van der Waals surface area contributed by atoms with Crippen molar-refractivity contribution in [3.63, 3.8) is 0 Å². The first kappa shape index (κ1) is 15.2. The highest BCUT2D eigenvalue weighted by molar-refractivity contribution is 5.42. The number of nitrogens with zero attached hydrogens (tertiary/aromatic N) is 3. The van der Waals surface area contributed by atoms with E-state index in [1.165, 1.54) is 12.4 Å². The second-order valence-electron chi connectivity index (χ2n) is 4.73. The van der Waals surface area contributed by atoms with Gasteiger partial charge in [-0.2, -0.15) is 0 Å². The van der Waals surface area contributed by atoms with Gasteiger partial charge in [-0.15, -0.1) is 0 Å². The number of aromatic nitrogens is 2. The van der Waals surface area contributed by atoms with Gasteiger partial charge in [0.25, 0.3) is 0 Å². The molecule has 21 heavy (non-hydrogen) atoms. The molecule has 2 rings (SSSR count). The summed E-state index contributed by atoms with van der Waals surface area (Å²) in [4.78, 5) is 10.5. The zero-order valence-electron chi connectivity index (χ0n) is 12.4. The molecule has 0 saturated carbocycles. The highest BCUT2D eigenvalue weighted by Crippen LogP contribution is 2.24. The topological polar surface area (TPSA) is 38.2 Å². The van der Waals surface area contributed by atoms with Crippen molar-refractivity contribution in [2.75, 3.05) is 18.0 Å². The van der Waals surface area contributed by atoms with Gasteiger partial charge in [0.2, 0.25) is 5.88 Å². The monoisotopic (exact) mass is 289 g/mol. The molecule has 5 heteroatoms. The quantitative estimate of drug-likeness (QED) is 0.771. The summed E-state index contributed by atoms with van der Waals surface area (Å²) in [7, 11) is 0. The molecule has 0 aliphatic rings. The molecule has 1 heterocycles. The van der Waals surface area contributed by atoms with E-state index in [4.69, 9.17) is 4.74 Å². The Balaban J connectivity index is 2.18. The Kier molecular flexibility index (Phi) is 5.49. The minimum Gasteiger partial charge on any atom is -0.436 e. The molecule has 0 fully saturated rings. The molecule has 0 saturated heterocycles. The van der Waals surface area contributed by atoms with E-state index in [1.807, 2.05) is 0 Å². The summed E-state index contributed by atoms with van der Waals surface area (Å²) < 4.78 is 19.1. The molecule has 0 radical (unpaired) electrons. The number of ether oxygens (including phenoxy) is 1. The molecule has 0 unspecified atom stereocenters. The maximum absolute atomic E-state index is 13.6. The van der Waals surface area contributed by atoms with Crippen molar-refractivity contribution < 1.29 is 9.13 Å². The first-order valence-electron chi connectivity index (χ1n) is 7.24. The third kappa shape index (κ3) is 4.15. The van der Waals surface area contributed by atoms with Crippen LogP contribution in [0.4, 0.5) is 10.2 Å². The average Bonchev–Trinajstić information content (AvgIpc) is 2.50. The van der Waals surface area contributed by atoms with E-state index in [9.17, 15) is 4.39 Å². The van der Waals surface area contributed by atoms with Crippen LogP contribution >= 0.6 is 0 Å².